The second-order valence-corrected chi connectivity index (χ2v) is 3.54. The molecule has 0 spiro atoms. The van der Waals surface area contributed by atoms with Crippen LogP contribution in [0.5, 0.6) is 0 Å². The molecule has 2 rings (SSSR count). The van der Waals surface area contributed by atoms with Crippen LogP contribution in [0.3, 0.4) is 0 Å². The number of aromatic amines is 1. The van der Waals surface area contributed by atoms with Gasteiger partial charge in [-0.05, 0) is 0 Å². The van der Waals surface area contributed by atoms with Gasteiger partial charge in [0.15, 0.2) is 0 Å². The van der Waals surface area contributed by atoms with Crippen LogP contribution in [0.25, 0.3) is 0 Å². The van der Waals surface area contributed by atoms with Crippen molar-refractivity contribution in [3.63, 3.8) is 0 Å². The third-order valence-electron chi connectivity index (χ3n) is 2.21. The second kappa shape index (κ2) is 3.98. The average Bonchev–Trinajstić information content (AvgIpc) is 2.65. The zero-order valence-electron chi connectivity index (χ0n) is 7.59. The summed E-state index contributed by atoms with van der Waals surface area (Å²) in [5.74, 6) is -0.0750. The van der Waals surface area contributed by atoms with E-state index in [-0.39, 0.29) is 5.91 Å². The molecule has 5 nitrogen and oxygen atoms in total. The lowest BCUT2D eigenvalue weighted by atomic mass is 10.3. The van der Waals surface area contributed by atoms with E-state index in [2.05, 4.69) is 15.5 Å². The molecule has 76 valence electrons. The zero-order valence-corrected chi connectivity index (χ0v) is 8.34. The molecule has 0 saturated carbocycles. The fourth-order valence-corrected chi connectivity index (χ4v) is 1.62. The van der Waals surface area contributed by atoms with Crippen LogP contribution in [-0.2, 0) is 0 Å². The Bertz CT molecular complexity index is 332. The Labute approximate surface area is 86.4 Å². The minimum Gasteiger partial charge on any atom is -0.335 e. The SMILES string of the molecule is O=C(c1[nH]ncc1Cl)N1CCNCC1. The number of aromatic nitrogens is 2. The lowest BCUT2D eigenvalue weighted by Crippen LogP contribution is -2.46. The Kier molecular flexibility index (Phi) is 2.69. The normalized spacial score (nSPS) is 17.1. The van der Waals surface area contributed by atoms with Crippen LogP contribution in [0.2, 0.25) is 5.02 Å². The Morgan fingerprint density at radius 2 is 2.21 bits per heavy atom. The van der Waals surface area contributed by atoms with Crippen LogP contribution in [0.1, 0.15) is 10.5 Å². The molecule has 14 heavy (non-hydrogen) atoms. The molecule has 1 fully saturated rings. The fraction of sp³-hybridized carbons (Fsp3) is 0.500. The minimum absolute atomic E-state index is 0.0750. The lowest BCUT2D eigenvalue weighted by molar-refractivity contribution is 0.0730. The number of nitrogens with one attached hydrogen (secondary N) is 2. The molecule has 1 aromatic rings. The first-order chi connectivity index (χ1) is 6.79. The Morgan fingerprint density at radius 3 is 2.79 bits per heavy atom. The molecular formula is C8H11ClN4O. The van der Waals surface area contributed by atoms with E-state index in [0.29, 0.717) is 23.8 Å². The van der Waals surface area contributed by atoms with E-state index in [0.717, 1.165) is 13.1 Å². The number of halogens is 1. The molecule has 0 unspecified atom stereocenters. The number of nitrogens with zero attached hydrogens (tertiary/aromatic N) is 2. The van der Waals surface area contributed by atoms with Gasteiger partial charge in [-0.3, -0.25) is 9.89 Å². The van der Waals surface area contributed by atoms with E-state index in [1.807, 2.05) is 0 Å². The first-order valence-electron chi connectivity index (χ1n) is 4.48. The molecule has 1 aliphatic rings. The van der Waals surface area contributed by atoms with Gasteiger partial charge in [-0.1, -0.05) is 11.6 Å². The largest absolute Gasteiger partial charge is 0.335 e. The third kappa shape index (κ3) is 1.73. The maximum absolute atomic E-state index is 11.8. The van der Waals surface area contributed by atoms with Crippen molar-refractivity contribution in [3.05, 3.63) is 16.9 Å². The molecule has 2 heterocycles. The number of amides is 1. The summed E-state index contributed by atoms with van der Waals surface area (Å²) in [6, 6.07) is 0. The third-order valence-corrected chi connectivity index (χ3v) is 2.50. The molecule has 0 atom stereocenters. The quantitative estimate of drug-likeness (QED) is 0.698. The van der Waals surface area contributed by atoms with E-state index in [1.165, 1.54) is 6.20 Å². The maximum Gasteiger partial charge on any atom is 0.273 e. The summed E-state index contributed by atoms with van der Waals surface area (Å²) in [4.78, 5) is 13.6. The molecule has 1 saturated heterocycles. The van der Waals surface area contributed by atoms with Crippen molar-refractivity contribution in [1.82, 2.24) is 20.4 Å². The Balaban J connectivity index is 2.11. The number of carbonyl (C=O) groups excluding carboxylic acids is 1. The molecule has 0 radical (unpaired) electrons. The standard InChI is InChI=1S/C8H11ClN4O/c9-6-5-11-12-7(6)8(14)13-3-1-10-2-4-13/h5,10H,1-4H2,(H,11,12). The summed E-state index contributed by atoms with van der Waals surface area (Å²) in [6.07, 6.45) is 1.44. The summed E-state index contributed by atoms with van der Waals surface area (Å²) >= 11 is 5.80. The van der Waals surface area contributed by atoms with Crippen LogP contribution in [0.4, 0.5) is 0 Å². The highest BCUT2D eigenvalue weighted by molar-refractivity contribution is 6.33. The average molecular weight is 215 g/mol. The van der Waals surface area contributed by atoms with Gasteiger partial charge in [0.2, 0.25) is 0 Å². The highest BCUT2D eigenvalue weighted by Gasteiger charge is 2.21. The number of hydrogen-bond donors (Lipinski definition) is 2. The highest BCUT2D eigenvalue weighted by atomic mass is 35.5. The van der Waals surface area contributed by atoms with Gasteiger partial charge in [-0.15, -0.1) is 0 Å². The summed E-state index contributed by atoms with van der Waals surface area (Å²) in [7, 11) is 0. The van der Waals surface area contributed by atoms with Crippen LogP contribution < -0.4 is 5.32 Å². The Hall–Kier alpha value is -1.07. The summed E-state index contributed by atoms with van der Waals surface area (Å²) in [5, 5.41) is 9.89. The number of H-pyrrole nitrogens is 1. The van der Waals surface area contributed by atoms with Gasteiger partial charge in [-0.2, -0.15) is 5.10 Å². The number of hydrogen-bond acceptors (Lipinski definition) is 3. The molecular weight excluding hydrogens is 204 g/mol. The van der Waals surface area contributed by atoms with Gasteiger partial charge in [0, 0.05) is 26.2 Å². The molecule has 2 N–H and O–H groups in total. The fourth-order valence-electron chi connectivity index (χ4n) is 1.45. The van der Waals surface area contributed by atoms with Crippen molar-refractivity contribution in [3.8, 4) is 0 Å². The topological polar surface area (TPSA) is 61.0 Å². The van der Waals surface area contributed by atoms with Gasteiger partial charge in [0.25, 0.3) is 5.91 Å². The zero-order chi connectivity index (χ0) is 9.97. The lowest BCUT2D eigenvalue weighted by Gasteiger charge is -2.26. The summed E-state index contributed by atoms with van der Waals surface area (Å²) < 4.78 is 0. The molecule has 0 aromatic carbocycles. The molecule has 1 aliphatic heterocycles. The van der Waals surface area contributed by atoms with E-state index in [4.69, 9.17) is 11.6 Å². The van der Waals surface area contributed by atoms with Crippen molar-refractivity contribution in [2.75, 3.05) is 26.2 Å². The maximum atomic E-state index is 11.8. The molecule has 1 aromatic heterocycles. The van der Waals surface area contributed by atoms with Crippen molar-refractivity contribution in [2.45, 2.75) is 0 Å². The molecule has 6 heteroatoms. The first-order valence-corrected chi connectivity index (χ1v) is 4.85. The van der Waals surface area contributed by atoms with Crippen LogP contribution in [0.15, 0.2) is 6.20 Å². The summed E-state index contributed by atoms with van der Waals surface area (Å²) in [5.41, 5.74) is 0.383. The molecule has 0 aliphatic carbocycles. The molecule has 1 amide bonds. The van der Waals surface area contributed by atoms with Gasteiger partial charge >= 0.3 is 0 Å². The number of rotatable bonds is 1. The van der Waals surface area contributed by atoms with Crippen molar-refractivity contribution < 1.29 is 4.79 Å². The smallest absolute Gasteiger partial charge is 0.273 e. The van der Waals surface area contributed by atoms with Gasteiger partial charge in [0.1, 0.15) is 5.69 Å². The van der Waals surface area contributed by atoms with Crippen LogP contribution in [0, 0.1) is 0 Å². The van der Waals surface area contributed by atoms with Gasteiger partial charge < -0.3 is 10.2 Å². The van der Waals surface area contributed by atoms with E-state index in [9.17, 15) is 4.79 Å². The Morgan fingerprint density at radius 1 is 1.50 bits per heavy atom. The molecule has 0 bridgehead atoms. The van der Waals surface area contributed by atoms with Crippen LogP contribution >= 0.6 is 11.6 Å². The predicted octanol–water partition coefficient (Wildman–Crippen LogP) is 0.108. The van der Waals surface area contributed by atoms with Gasteiger partial charge in [0.05, 0.1) is 11.2 Å². The highest BCUT2D eigenvalue weighted by Crippen LogP contribution is 2.14. The van der Waals surface area contributed by atoms with E-state index >= 15 is 0 Å². The minimum atomic E-state index is -0.0750. The van der Waals surface area contributed by atoms with Gasteiger partial charge in [-0.25, -0.2) is 0 Å². The number of piperazine rings is 1. The van der Waals surface area contributed by atoms with Crippen molar-refractivity contribution in [2.24, 2.45) is 0 Å². The second-order valence-electron chi connectivity index (χ2n) is 3.14. The number of carbonyl (C=O) groups is 1. The first kappa shape index (κ1) is 9.48. The van der Waals surface area contributed by atoms with Crippen LogP contribution in [-0.4, -0.2) is 47.2 Å². The van der Waals surface area contributed by atoms with E-state index in [1.54, 1.807) is 4.90 Å². The predicted molar refractivity (Wildman–Crippen MR) is 52.4 cm³/mol. The monoisotopic (exact) mass is 214 g/mol. The van der Waals surface area contributed by atoms with E-state index < -0.39 is 0 Å². The van der Waals surface area contributed by atoms with Crippen molar-refractivity contribution >= 4 is 17.5 Å². The van der Waals surface area contributed by atoms with Crippen molar-refractivity contribution in [1.29, 1.82) is 0 Å². The summed E-state index contributed by atoms with van der Waals surface area (Å²) in [6.45, 7) is 3.09.